The van der Waals surface area contributed by atoms with Gasteiger partial charge in [0.15, 0.2) is 0 Å². The zero-order valence-corrected chi connectivity index (χ0v) is 10.4. The molecule has 3 heteroatoms. The van der Waals surface area contributed by atoms with Crippen molar-refractivity contribution < 1.29 is 9.47 Å². The van der Waals surface area contributed by atoms with Crippen LogP contribution in [0, 0.1) is 12.8 Å². The van der Waals surface area contributed by atoms with Crippen molar-refractivity contribution in [3.63, 3.8) is 0 Å². The average Bonchev–Trinajstić information content (AvgIpc) is 2.83. The number of rotatable bonds is 5. The lowest BCUT2D eigenvalue weighted by atomic mass is 10.1. The minimum atomic E-state index is -0.0297. The van der Waals surface area contributed by atoms with Crippen molar-refractivity contribution in [1.29, 1.82) is 0 Å². The van der Waals surface area contributed by atoms with Crippen molar-refractivity contribution in [2.24, 2.45) is 11.7 Å². The van der Waals surface area contributed by atoms with Crippen LogP contribution in [0.1, 0.15) is 23.6 Å². The van der Waals surface area contributed by atoms with Gasteiger partial charge in [-0.15, -0.1) is 0 Å². The zero-order chi connectivity index (χ0) is 12.1. The first-order chi connectivity index (χ1) is 8.25. The molecule has 1 saturated heterocycles. The van der Waals surface area contributed by atoms with Crippen molar-refractivity contribution in [1.82, 2.24) is 0 Å². The molecule has 0 bridgehead atoms. The van der Waals surface area contributed by atoms with E-state index >= 15 is 0 Å². The summed E-state index contributed by atoms with van der Waals surface area (Å²) in [5, 5.41) is 0. The van der Waals surface area contributed by atoms with Gasteiger partial charge in [0, 0.05) is 12.5 Å². The van der Waals surface area contributed by atoms with Gasteiger partial charge in [-0.2, -0.15) is 0 Å². The number of nitrogens with two attached hydrogens (primary N) is 1. The van der Waals surface area contributed by atoms with Gasteiger partial charge >= 0.3 is 0 Å². The van der Waals surface area contributed by atoms with E-state index in [1.165, 1.54) is 5.56 Å². The maximum absolute atomic E-state index is 6.07. The third-order valence-electron chi connectivity index (χ3n) is 3.18. The summed E-state index contributed by atoms with van der Waals surface area (Å²) in [5.74, 6) is 0.556. The smallest absolute Gasteiger partial charge is 0.0659 e. The second kappa shape index (κ2) is 6.15. The lowest BCUT2D eigenvalue weighted by Crippen LogP contribution is -2.20. The quantitative estimate of drug-likeness (QED) is 0.849. The van der Waals surface area contributed by atoms with Crippen LogP contribution in [0.25, 0.3) is 0 Å². The van der Waals surface area contributed by atoms with Crippen LogP contribution in [0.5, 0.6) is 0 Å². The summed E-state index contributed by atoms with van der Waals surface area (Å²) < 4.78 is 11.0. The summed E-state index contributed by atoms with van der Waals surface area (Å²) in [6, 6.07) is 8.28. The Morgan fingerprint density at radius 2 is 2.18 bits per heavy atom. The number of hydrogen-bond donors (Lipinski definition) is 1. The van der Waals surface area contributed by atoms with Crippen LogP contribution in [0.3, 0.4) is 0 Å². The topological polar surface area (TPSA) is 44.5 Å². The molecular weight excluding hydrogens is 214 g/mol. The fraction of sp³-hybridized carbons (Fsp3) is 0.571. The van der Waals surface area contributed by atoms with E-state index in [9.17, 15) is 0 Å². The summed E-state index contributed by atoms with van der Waals surface area (Å²) in [6.45, 7) is 5.13. The molecule has 0 radical (unpaired) electrons. The van der Waals surface area contributed by atoms with Gasteiger partial charge in [-0.3, -0.25) is 0 Å². The molecule has 2 unspecified atom stereocenters. The molecule has 0 aromatic heterocycles. The summed E-state index contributed by atoms with van der Waals surface area (Å²) in [4.78, 5) is 0. The van der Waals surface area contributed by atoms with Crippen LogP contribution in [0.4, 0.5) is 0 Å². The van der Waals surface area contributed by atoms with E-state index in [0.29, 0.717) is 12.5 Å². The molecule has 0 saturated carbocycles. The van der Waals surface area contributed by atoms with Gasteiger partial charge in [-0.25, -0.2) is 0 Å². The second-order valence-electron chi connectivity index (χ2n) is 4.78. The standard InChI is InChI=1S/C14H21NO2/c1-11-2-4-13(5-3-11)14(15)10-17-9-12-6-7-16-8-12/h2-5,12,14H,6-10,15H2,1H3. The van der Waals surface area contributed by atoms with E-state index in [-0.39, 0.29) is 6.04 Å². The first-order valence-corrected chi connectivity index (χ1v) is 6.23. The average molecular weight is 235 g/mol. The van der Waals surface area contributed by atoms with E-state index < -0.39 is 0 Å². The highest BCUT2D eigenvalue weighted by molar-refractivity contribution is 5.23. The third kappa shape index (κ3) is 3.80. The monoisotopic (exact) mass is 235 g/mol. The molecule has 0 aliphatic carbocycles. The Bertz CT molecular complexity index is 331. The van der Waals surface area contributed by atoms with Gasteiger partial charge in [-0.05, 0) is 18.9 Å². The maximum atomic E-state index is 6.07. The summed E-state index contributed by atoms with van der Waals surface area (Å²) in [7, 11) is 0. The van der Waals surface area contributed by atoms with Crippen LogP contribution in [-0.4, -0.2) is 26.4 Å². The highest BCUT2D eigenvalue weighted by Gasteiger charge is 2.16. The van der Waals surface area contributed by atoms with Crippen LogP contribution in [0.15, 0.2) is 24.3 Å². The minimum Gasteiger partial charge on any atom is -0.381 e. The van der Waals surface area contributed by atoms with Crippen molar-refractivity contribution in [2.45, 2.75) is 19.4 Å². The third-order valence-corrected chi connectivity index (χ3v) is 3.18. The molecule has 17 heavy (non-hydrogen) atoms. The molecule has 1 heterocycles. The van der Waals surface area contributed by atoms with E-state index in [4.69, 9.17) is 15.2 Å². The van der Waals surface area contributed by atoms with Crippen LogP contribution >= 0.6 is 0 Å². The molecule has 1 aromatic rings. The fourth-order valence-electron chi connectivity index (χ4n) is 1.99. The molecule has 1 aliphatic rings. The Labute approximate surface area is 103 Å². The molecule has 2 N–H and O–H groups in total. The maximum Gasteiger partial charge on any atom is 0.0659 e. The van der Waals surface area contributed by atoms with E-state index in [1.54, 1.807) is 0 Å². The Hall–Kier alpha value is -0.900. The first kappa shape index (κ1) is 12.6. The molecular formula is C14H21NO2. The highest BCUT2D eigenvalue weighted by atomic mass is 16.5. The van der Waals surface area contributed by atoms with Gasteiger partial charge in [0.2, 0.25) is 0 Å². The van der Waals surface area contributed by atoms with Gasteiger partial charge in [0.25, 0.3) is 0 Å². The number of ether oxygens (including phenoxy) is 2. The highest BCUT2D eigenvalue weighted by Crippen LogP contribution is 2.15. The van der Waals surface area contributed by atoms with Crippen molar-refractivity contribution in [3.8, 4) is 0 Å². The summed E-state index contributed by atoms with van der Waals surface area (Å²) in [5.41, 5.74) is 8.47. The molecule has 1 aromatic carbocycles. The molecule has 0 amide bonds. The molecule has 2 atom stereocenters. The molecule has 1 fully saturated rings. The Kier molecular flexibility index (Phi) is 4.54. The minimum absolute atomic E-state index is 0.0297. The van der Waals surface area contributed by atoms with Crippen LogP contribution in [-0.2, 0) is 9.47 Å². The van der Waals surface area contributed by atoms with Gasteiger partial charge in [-0.1, -0.05) is 29.8 Å². The number of aryl methyl sites for hydroxylation is 1. The predicted molar refractivity (Wildman–Crippen MR) is 67.9 cm³/mol. The molecule has 0 spiro atoms. The summed E-state index contributed by atoms with van der Waals surface area (Å²) in [6.07, 6.45) is 1.11. The Morgan fingerprint density at radius 3 is 2.82 bits per heavy atom. The zero-order valence-electron chi connectivity index (χ0n) is 10.4. The van der Waals surface area contributed by atoms with Crippen molar-refractivity contribution in [3.05, 3.63) is 35.4 Å². The van der Waals surface area contributed by atoms with Gasteiger partial charge in [0.05, 0.1) is 25.9 Å². The number of benzene rings is 1. The van der Waals surface area contributed by atoms with E-state index in [2.05, 4.69) is 31.2 Å². The van der Waals surface area contributed by atoms with Gasteiger partial charge in [0.1, 0.15) is 0 Å². The molecule has 1 aliphatic heterocycles. The van der Waals surface area contributed by atoms with Crippen LogP contribution < -0.4 is 5.73 Å². The van der Waals surface area contributed by atoms with Crippen molar-refractivity contribution >= 4 is 0 Å². The van der Waals surface area contributed by atoms with Crippen molar-refractivity contribution in [2.75, 3.05) is 26.4 Å². The van der Waals surface area contributed by atoms with Crippen LogP contribution in [0.2, 0.25) is 0 Å². The van der Waals surface area contributed by atoms with Gasteiger partial charge < -0.3 is 15.2 Å². The summed E-state index contributed by atoms with van der Waals surface area (Å²) >= 11 is 0. The Morgan fingerprint density at radius 1 is 1.41 bits per heavy atom. The first-order valence-electron chi connectivity index (χ1n) is 6.23. The molecule has 2 rings (SSSR count). The predicted octanol–water partition coefficient (Wildman–Crippen LogP) is 2.05. The van der Waals surface area contributed by atoms with E-state index in [0.717, 1.165) is 31.8 Å². The second-order valence-corrected chi connectivity index (χ2v) is 4.78. The normalized spacial score (nSPS) is 21.6. The number of hydrogen-bond acceptors (Lipinski definition) is 3. The molecule has 94 valence electrons. The lowest BCUT2D eigenvalue weighted by Gasteiger charge is -2.14. The lowest BCUT2D eigenvalue weighted by molar-refractivity contribution is 0.0808. The SMILES string of the molecule is Cc1ccc(C(N)COCC2CCOC2)cc1. The fourth-order valence-corrected chi connectivity index (χ4v) is 1.99. The molecule has 3 nitrogen and oxygen atoms in total. The van der Waals surface area contributed by atoms with E-state index in [1.807, 2.05) is 0 Å². The largest absolute Gasteiger partial charge is 0.381 e. The Balaban J connectivity index is 1.72.